The molecule has 7 N–H and O–H groups in total. The minimum atomic E-state index is -1.63. The number of carbonyl (C=O) groups excluding carboxylic acids is 7. The van der Waals surface area contributed by atoms with Gasteiger partial charge in [-0.1, -0.05) is 25.3 Å². The SMILES string of the molecule is C=CCOC(=O)c1ccc(NC(=O)c2ccc(NC(=O)c3ccc(NC(=O)C4(NC(=O)c5ccc(NC(=O)[I-]c6ccccc6)cc5)C[C@H]4C(N)=O)cc3)c(OC(C)C)c2OCC=C)cc1. The molecular formula is C49H46IN6O10-. The topological polar surface area (TPSA) is 233 Å². The number of nitrogens with one attached hydrogen (secondary N) is 5. The summed E-state index contributed by atoms with van der Waals surface area (Å²) in [4.78, 5) is 91.4. The van der Waals surface area contributed by atoms with Crippen molar-refractivity contribution in [1.29, 1.82) is 0 Å². The minimum absolute atomic E-state index is 0.00325. The number of rotatable bonds is 20. The Morgan fingerprint density at radius 3 is 1.83 bits per heavy atom. The molecule has 1 aliphatic carbocycles. The molecule has 16 nitrogen and oxygen atoms in total. The van der Waals surface area contributed by atoms with Gasteiger partial charge in [-0.3, -0.25) is 9.59 Å². The van der Waals surface area contributed by atoms with Gasteiger partial charge in [0, 0.05) is 11.3 Å². The van der Waals surface area contributed by atoms with Crippen LogP contribution in [0.15, 0.2) is 141 Å². The van der Waals surface area contributed by atoms with E-state index in [2.05, 4.69) is 39.7 Å². The van der Waals surface area contributed by atoms with Crippen molar-refractivity contribution in [3.63, 3.8) is 0 Å². The molecule has 6 rings (SSSR count). The average molecular weight is 1010 g/mol. The summed E-state index contributed by atoms with van der Waals surface area (Å²) in [6.07, 6.45) is 2.50. The average Bonchev–Trinajstić information content (AvgIpc) is 4.04. The third-order valence-electron chi connectivity index (χ3n) is 9.78. The first kappa shape index (κ1) is 47.7. The molecule has 0 heterocycles. The van der Waals surface area contributed by atoms with Gasteiger partial charge in [0.2, 0.25) is 0 Å². The number of hydrogen-bond acceptors (Lipinski definition) is 10. The molecule has 2 atom stereocenters. The molecule has 17 heteroatoms. The van der Waals surface area contributed by atoms with Crippen molar-refractivity contribution in [1.82, 2.24) is 5.32 Å². The first-order chi connectivity index (χ1) is 31.7. The van der Waals surface area contributed by atoms with E-state index in [1.54, 1.807) is 38.1 Å². The van der Waals surface area contributed by atoms with Gasteiger partial charge in [0.1, 0.15) is 13.2 Å². The van der Waals surface area contributed by atoms with E-state index in [9.17, 15) is 33.6 Å². The number of carbonyl (C=O) groups is 7. The quantitative estimate of drug-likeness (QED) is 0.0216. The van der Waals surface area contributed by atoms with Crippen molar-refractivity contribution in [2.45, 2.75) is 31.9 Å². The second-order valence-electron chi connectivity index (χ2n) is 14.9. The Morgan fingerprint density at radius 2 is 1.26 bits per heavy atom. The molecule has 0 bridgehead atoms. The van der Waals surface area contributed by atoms with Crippen LogP contribution in [0.2, 0.25) is 0 Å². The molecule has 0 radical (unpaired) electrons. The Hall–Kier alpha value is -7.80. The van der Waals surface area contributed by atoms with Crippen LogP contribution in [0, 0.1) is 9.49 Å². The van der Waals surface area contributed by atoms with Crippen molar-refractivity contribution in [3.05, 3.63) is 166 Å². The number of esters is 1. The van der Waals surface area contributed by atoms with Gasteiger partial charge in [-0.15, -0.1) is 0 Å². The standard InChI is InChI=1S/C49H46IN6O10/c1-5-26-64-40-37(45(60)52-34-22-16-32(17-23-34)46(61)65-27-6-2)24-25-39(41(40)66-29(3)4)55-43(58)30-12-18-35(19-13-30)53-47(62)49(28-38(49)42(51)57)56-44(59)31-14-20-36(21-15-31)54-48(63)50-33-10-8-7-9-11-33/h5-25,29,38H,1-2,26-28H2,3-4H3,(H2,51,57)(H,52,60)(H,53,62)(H,54,63)(H,55,58)(H,56,59)/q-1/t38-,49?/m0/s1. The molecule has 1 aliphatic rings. The monoisotopic (exact) mass is 1010 g/mol. The molecule has 0 saturated heterocycles. The van der Waals surface area contributed by atoms with Gasteiger partial charge in [-0.25, -0.2) is 4.79 Å². The fourth-order valence-electron chi connectivity index (χ4n) is 6.47. The molecule has 0 aromatic heterocycles. The van der Waals surface area contributed by atoms with Crippen LogP contribution in [-0.2, 0) is 14.3 Å². The molecule has 1 saturated carbocycles. The molecule has 1 unspecified atom stereocenters. The summed E-state index contributed by atoms with van der Waals surface area (Å²) in [7, 11) is 0. The van der Waals surface area contributed by atoms with Crippen molar-refractivity contribution in [3.8, 4) is 11.5 Å². The Kier molecular flexibility index (Phi) is 15.7. The van der Waals surface area contributed by atoms with Gasteiger partial charge < -0.3 is 24.8 Å². The zero-order valence-corrected chi connectivity index (χ0v) is 38.0. The smallest absolute Gasteiger partial charge is 0.485 e. The number of halogens is 1. The third-order valence-corrected chi connectivity index (χ3v) is 11.9. The molecular weight excluding hydrogens is 959 g/mol. The van der Waals surface area contributed by atoms with E-state index in [0.717, 1.165) is 3.57 Å². The summed E-state index contributed by atoms with van der Waals surface area (Å²) < 4.78 is 17.9. The van der Waals surface area contributed by atoms with Crippen LogP contribution in [0.25, 0.3) is 0 Å². The van der Waals surface area contributed by atoms with E-state index in [-0.39, 0.29) is 68.7 Å². The van der Waals surface area contributed by atoms with Gasteiger partial charge in [-0.2, -0.15) is 0 Å². The summed E-state index contributed by atoms with van der Waals surface area (Å²) in [5.41, 5.74) is 6.05. The van der Waals surface area contributed by atoms with E-state index in [0.29, 0.717) is 11.4 Å². The predicted molar refractivity (Wildman–Crippen MR) is 244 cm³/mol. The van der Waals surface area contributed by atoms with Crippen LogP contribution in [0.3, 0.4) is 0 Å². The van der Waals surface area contributed by atoms with Crippen LogP contribution < -0.4 is 63.0 Å². The Balaban J connectivity index is 1.12. The maximum atomic E-state index is 13.7. The normalized spacial score (nSPS) is 14.7. The van der Waals surface area contributed by atoms with Crippen molar-refractivity contribution < 1.29 is 69.0 Å². The zero-order chi connectivity index (χ0) is 47.4. The fraction of sp³-hybridized carbons (Fsp3) is 0.163. The van der Waals surface area contributed by atoms with Crippen molar-refractivity contribution in [2.75, 3.05) is 34.5 Å². The predicted octanol–water partition coefficient (Wildman–Crippen LogP) is 3.99. The summed E-state index contributed by atoms with van der Waals surface area (Å²) in [6, 6.07) is 30.5. The van der Waals surface area contributed by atoms with E-state index in [1.165, 1.54) is 72.8 Å². The van der Waals surface area contributed by atoms with Gasteiger partial charge >= 0.3 is 183 Å². The molecule has 66 heavy (non-hydrogen) atoms. The maximum absolute atomic E-state index is 13.7. The first-order valence-electron chi connectivity index (χ1n) is 20.4. The van der Waals surface area contributed by atoms with E-state index >= 15 is 0 Å². The van der Waals surface area contributed by atoms with Gasteiger partial charge in [0.05, 0.1) is 22.9 Å². The summed E-state index contributed by atoms with van der Waals surface area (Å²) in [5, 5.41) is 13.8. The number of benzene rings is 5. The Morgan fingerprint density at radius 1 is 0.682 bits per heavy atom. The second kappa shape index (κ2) is 21.7. The van der Waals surface area contributed by atoms with Crippen LogP contribution >= 0.6 is 0 Å². The van der Waals surface area contributed by atoms with Gasteiger partial charge in [0.25, 0.3) is 11.8 Å². The first-order valence-corrected chi connectivity index (χ1v) is 22.6. The van der Waals surface area contributed by atoms with Crippen LogP contribution in [0.5, 0.6) is 11.5 Å². The van der Waals surface area contributed by atoms with Crippen LogP contribution in [-0.4, -0.2) is 64.3 Å². The van der Waals surface area contributed by atoms with E-state index < -0.39 is 74.3 Å². The second-order valence-corrected chi connectivity index (χ2v) is 17.7. The number of anilines is 4. The zero-order valence-electron chi connectivity index (χ0n) is 35.9. The third kappa shape index (κ3) is 12.1. The molecule has 0 spiro atoms. The molecule has 1 fully saturated rings. The fourth-order valence-corrected chi connectivity index (χ4v) is 8.26. The van der Waals surface area contributed by atoms with Crippen molar-refractivity contribution in [2.24, 2.45) is 11.7 Å². The van der Waals surface area contributed by atoms with Crippen molar-refractivity contribution >= 4 is 62.2 Å². The summed E-state index contributed by atoms with van der Waals surface area (Å²) >= 11 is -0.940. The number of nitrogens with two attached hydrogens (primary N) is 1. The van der Waals surface area contributed by atoms with Gasteiger partial charge in [0.15, 0.2) is 11.5 Å². The number of ether oxygens (including phenoxy) is 3. The number of hydrogen-bond donors (Lipinski definition) is 6. The molecule has 6 amide bonds. The van der Waals surface area contributed by atoms with E-state index in [4.69, 9.17) is 19.9 Å². The van der Waals surface area contributed by atoms with Crippen LogP contribution in [0.1, 0.15) is 61.7 Å². The number of primary amides is 1. The number of amides is 6. The molecule has 340 valence electrons. The minimum Gasteiger partial charge on any atom is -0.485 e. The van der Waals surface area contributed by atoms with E-state index in [1.807, 2.05) is 30.3 Å². The molecule has 5 aromatic carbocycles. The van der Waals surface area contributed by atoms with Gasteiger partial charge in [-0.05, 0) is 74.5 Å². The molecule has 5 aromatic rings. The molecule has 0 aliphatic heterocycles. The Labute approximate surface area is 390 Å². The summed E-state index contributed by atoms with van der Waals surface area (Å²) in [6.45, 7) is 10.8. The van der Waals surface area contributed by atoms with Crippen LogP contribution in [0.4, 0.5) is 27.5 Å². The summed E-state index contributed by atoms with van der Waals surface area (Å²) in [5.74, 6) is -4.60. The Bertz CT molecular complexity index is 2660.